The first-order valence-corrected chi connectivity index (χ1v) is 7.04. The maximum absolute atomic E-state index is 14.1. The Labute approximate surface area is 126 Å². The number of nitrogens with one attached hydrogen (secondary N) is 1. The molecule has 20 heavy (non-hydrogen) atoms. The van der Waals surface area contributed by atoms with Crippen molar-refractivity contribution in [2.75, 3.05) is 33.3 Å². The molecule has 1 fully saturated rings. The molecule has 1 atom stereocenters. The van der Waals surface area contributed by atoms with Gasteiger partial charge in [0, 0.05) is 37.8 Å². The van der Waals surface area contributed by atoms with Crippen LogP contribution < -0.4 is 10.1 Å². The summed E-state index contributed by atoms with van der Waals surface area (Å²) in [5.74, 6) is 0.602. The van der Waals surface area contributed by atoms with E-state index in [0.29, 0.717) is 0 Å². The van der Waals surface area contributed by atoms with E-state index in [1.54, 1.807) is 13.2 Å². The Hall–Kier alpha value is -0.840. The fraction of sp³-hybridized carbons (Fsp3) is 0.600. The van der Waals surface area contributed by atoms with E-state index in [2.05, 4.69) is 17.1 Å². The van der Waals surface area contributed by atoms with Crippen LogP contribution in [0.25, 0.3) is 0 Å². The number of hydrogen-bond donors (Lipinski definition) is 1. The number of ether oxygens (including phenoxy) is 1. The Morgan fingerprint density at radius 2 is 2.05 bits per heavy atom. The molecule has 0 radical (unpaired) electrons. The van der Waals surface area contributed by atoms with Crippen LogP contribution in [0.4, 0.5) is 4.39 Å². The summed E-state index contributed by atoms with van der Waals surface area (Å²) in [5.41, 5.74) is 0.767. The van der Waals surface area contributed by atoms with Crippen LogP contribution in [0.5, 0.6) is 5.75 Å². The van der Waals surface area contributed by atoms with Gasteiger partial charge < -0.3 is 10.1 Å². The van der Waals surface area contributed by atoms with Crippen molar-refractivity contribution in [3.63, 3.8) is 0 Å². The van der Waals surface area contributed by atoms with Crippen LogP contribution in [0.15, 0.2) is 18.2 Å². The summed E-state index contributed by atoms with van der Waals surface area (Å²) in [4.78, 5) is 2.37. The van der Waals surface area contributed by atoms with Gasteiger partial charge in [0.15, 0.2) is 0 Å². The molecule has 0 saturated carbocycles. The third-order valence-electron chi connectivity index (χ3n) is 3.72. The van der Waals surface area contributed by atoms with Gasteiger partial charge in [-0.2, -0.15) is 0 Å². The van der Waals surface area contributed by atoms with E-state index in [1.165, 1.54) is 6.07 Å². The fourth-order valence-electron chi connectivity index (χ4n) is 2.71. The van der Waals surface area contributed by atoms with Crippen molar-refractivity contribution in [1.29, 1.82) is 0 Å². The second-order valence-electron chi connectivity index (χ2n) is 4.98. The molecule has 1 saturated heterocycles. The van der Waals surface area contributed by atoms with E-state index in [-0.39, 0.29) is 24.3 Å². The SMILES string of the molecule is CCC[C@@H](c1cc(OC)ccc1F)N1CCNCC1.Cl. The predicted octanol–water partition coefficient (Wildman–Crippen LogP) is 3.00. The van der Waals surface area contributed by atoms with Crippen molar-refractivity contribution in [3.8, 4) is 5.75 Å². The van der Waals surface area contributed by atoms with Gasteiger partial charge in [0.2, 0.25) is 0 Å². The molecule has 0 unspecified atom stereocenters. The highest BCUT2D eigenvalue weighted by Gasteiger charge is 2.24. The smallest absolute Gasteiger partial charge is 0.128 e. The summed E-state index contributed by atoms with van der Waals surface area (Å²) in [6, 6.07) is 5.19. The van der Waals surface area contributed by atoms with Crippen LogP contribution >= 0.6 is 12.4 Å². The number of hydrogen-bond acceptors (Lipinski definition) is 3. The van der Waals surface area contributed by atoms with Crippen LogP contribution in [0.2, 0.25) is 0 Å². The lowest BCUT2D eigenvalue weighted by Crippen LogP contribution is -2.45. The van der Waals surface area contributed by atoms with E-state index in [1.807, 2.05) is 6.07 Å². The number of halogens is 2. The molecule has 0 aliphatic carbocycles. The zero-order valence-electron chi connectivity index (χ0n) is 12.2. The van der Waals surface area contributed by atoms with Crippen molar-refractivity contribution in [2.24, 2.45) is 0 Å². The highest BCUT2D eigenvalue weighted by molar-refractivity contribution is 5.85. The van der Waals surface area contributed by atoms with Crippen molar-refractivity contribution in [3.05, 3.63) is 29.6 Å². The van der Waals surface area contributed by atoms with Gasteiger partial charge >= 0.3 is 0 Å². The minimum Gasteiger partial charge on any atom is -0.497 e. The Kier molecular flexibility index (Phi) is 7.27. The Morgan fingerprint density at radius 1 is 1.35 bits per heavy atom. The zero-order valence-corrected chi connectivity index (χ0v) is 13.0. The van der Waals surface area contributed by atoms with Crippen LogP contribution in [-0.2, 0) is 0 Å². The van der Waals surface area contributed by atoms with E-state index in [4.69, 9.17) is 4.74 Å². The topological polar surface area (TPSA) is 24.5 Å². The standard InChI is InChI=1S/C15H23FN2O.ClH/c1-3-4-15(18-9-7-17-8-10-18)13-11-12(19-2)5-6-14(13)16;/h5-6,11,15,17H,3-4,7-10H2,1-2H3;1H/t15-;/m0./s1. The first kappa shape index (κ1) is 17.2. The van der Waals surface area contributed by atoms with Gasteiger partial charge in [0.25, 0.3) is 0 Å². The van der Waals surface area contributed by atoms with Gasteiger partial charge in [-0.05, 0) is 24.6 Å². The van der Waals surface area contributed by atoms with Crippen LogP contribution in [0.1, 0.15) is 31.4 Å². The number of rotatable bonds is 5. The minimum atomic E-state index is -0.127. The molecule has 0 amide bonds. The first-order chi connectivity index (χ1) is 9.26. The molecule has 114 valence electrons. The third kappa shape index (κ3) is 4.08. The van der Waals surface area contributed by atoms with Crippen LogP contribution in [0, 0.1) is 5.82 Å². The van der Waals surface area contributed by atoms with Gasteiger partial charge in [0.05, 0.1) is 7.11 Å². The summed E-state index contributed by atoms with van der Waals surface area (Å²) in [6.07, 6.45) is 2.02. The molecule has 0 bridgehead atoms. The average molecular weight is 303 g/mol. The van der Waals surface area contributed by atoms with E-state index in [9.17, 15) is 4.39 Å². The molecule has 1 N–H and O–H groups in total. The lowest BCUT2D eigenvalue weighted by atomic mass is 9.99. The summed E-state index contributed by atoms with van der Waals surface area (Å²) in [5, 5.41) is 3.34. The maximum Gasteiger partial charge on any atom is 0.128 e. The molecule has 1 aromatic rings. The van der Waals surface area contributed by atoms with Crippen molar-refractivity contribution >= 4 is 12.4 Å². The average Bonchev–Trinajstić information content (AvgIpc) is 2.47. The van der Waals surface area contributed by atoms with Crippen molar-refractivity contribution in [2.45, 2.75) is 25.8 Å². The highest BCUT2D eigenvalue weighted by Crippen LogP contribution is 2.30. The zero-order chi connectivity index (χ0) is 13.7. The lowest BCUT2D eigenvalue weighted by molar-refractivity contribution is 0.161. The lowest BCUT2D eigenvalue weighted by Gasteiger charge is -2.35. The quantitative estimate of drug-likeness (QED) is 0.905. The van der Waals surface area contributed by atoms with Gasteiger partial charge in [-0.25, -0.2) is 4.39 Å². The molecule has 0 aromatic heterocycles. The number of benzene rings is 1. The molecule has 1 heterocycles. The van der Waals surface area contributed by atoms with Crippen molar-refractivity contribution < 1.29 is 9.13 Å². The summed E-state index contributed by atoms with van der Waals surface area (Å²) >= 11 is 0. The number of methoxy groups -OCH3 is 1. The molecule has 3 nitrogen and oxygen atoms in total. The Bertz CT molecular complexity index is 411. The molecular formula is C15H24ClFN2O. The second kappa shape index (κ2) is 8.45. The second-order valence-corrected chi connectivity index (χ2v) is 4.98. The number of nitrogens with zero attached hydrogens (tertiary/aromatic N) is 1. The molecule has 1 aromatic carbocycles. The number of piperazine rings is 1. The summed E-state index contributed by atoms with van der Waals surface area (Å²) in [7, 11) is 1.62. The fourth-order valence-corrected chi connectivity index (χ4v) is 2.71. The third-order valence-corrected chi connectivity index (χ3v) is 3.72. The van der Waals surface area contributed by atoms with Gasteiger partial charge in [-0.1, -0.05) is 13.3 Å². The van der Waals surface area contributed by atoms with Gasteiger partial charge in [-0.3, -0.25) is 4.90 Å². The largest absolute Gasteiger partial charge is 0.497 e. The summed E-state index contributed by atoms with van der Waals surface area (Å²) in [6.45, 7) is 6.05. The van der Waals surface area contributed by atoms with E-state index < -0.39 is 0 Å². The van der Waals surface area contributed by atoms with Crippen molar-refractivity contribution in [1.82, 2.24) is 10.2 Å². The van der Waals surface area contributed by atoms with Crippen LogP contribution in [-0.4, -0.2) is 38.2 Å². The molecule has 2 rings (SSSR count). The summed E-state index contributed by atoms with van der Waals surface area (Å²) < 4.78 is 19.4. The monoisotopic (exact) mass is 302 g/mol. The molecule has 5 heteroatoms. The van der Waals surface area contributed by atoms with E-state index in [0.717, 1.165) is 50.3 Å². The minimum absolute atomic E-state index is 0. The molecular weight excluding hydrogens is 279 g/mol. The normalized spacial score (nSPS) is 17.4. The van der Waals surface area contributed by atoms with E-state index >= 15 is 0 Å². The maximum atomic E-state index is 14.1. The molecule has 1 aliphatic rings. The highest BCUT2D eigenvalue weighted by atomic mass is 35.5. The molecule has 0 spiro atoms. The van der Waals surface area contributed by atoms with Crippen LogP contribution in [0.3, 0.4) is 0 Å². The Morgan fingerprint density at radius 3 is 2.65 bits per heavy atom. The van der Waals surface area contributed by atoms with Gasteiger partial charge in [0.1, 0.15) is 11.6 Å². The van der Waals surface area contributed by atoms with Gasteiger partial charge in [-0.15, -0.1) is 12.4 Å². The molecule has 1 aliphatic heterocycles. The Balaban J connectivity index is 0.00000200. The predicted molar refractivity (Wildman–Crippen MR) is 82.3 cm³/mol. The first-order valence-electron chi connectivity index (χ1n) is 7.04.